The van der Waals surface area contributed by atoms with Crippen LogP contribution < -0.4 is 5.32 Å². The molecule has 0 saturated heterocycles. The molecule has 1 aliphatic rings. The van der Waals surface area contributed by atoms with E-state index >= 15 is 0 Å². The molecule has 0 aliphatic heterocycles. The van der Waals surface area contributed by atoms with Gasteiger partial charge in [0.15, 0.2) is 11.5 Å². The van der Waals surface area contributed by atoms with Gasteiger partial charge < -0.3 is 9.88 Å². The third-order valence-electron chi connectivity index (χ3n) is 4.47. The molecule has 0 bridgehead atoms. The zero-order valence-electron chi connectivity index (χ0n) is 14.1. The summed E-state index contributed by atoms with van der Waals surface area (Å²) in [6, 6.07) is 11.5. The van der Waals surface area contributed by atoms with Gasteiger partial charge in [0.05, 0.1) is 5.52 Å². The molecule has 0 spiro atoms. The van der Waals surface area contributed by atoms with E-state index in [1.165, 1.54) is 0 Å². The Morgan fingerprint density at radius 1 is 1.26 bits per heavy atom. The maximum absolute atomic E-state index is 12.7. The van der Waals surface area contributed by atoms with Gasteiger partial charge in [-0.3, -0.25) is 9.89 Å². The van der Waals surface area contributed by atoms with E-state index in [0.717, 1.165) is 28.2 Å². The molecule has 2 N–H and O–H groups in total. The summed E-state index contributed by atoms with van der Waals surface area (Å²) in [4.78, 5) is 17.2. The zero-order valence-corrected chi connectivity index (χ0v) is 15.6. The summed E-state index contributed by atoms with van der Waals surface area (Å²) in [6.07, 6.45) is 3.99. The van der Waals surface area contributed by atoms with Gasteiger partial charge >= 0.3 is 0 Å². The van der Waals surface area contributed by atoms with Gasteiger partial charge in [0, 0.05) is 15.9 Å². The van der Waals surface area contributed by atoms with E-state index < -0.39 is 0 Å². The molecule has 9 heteroatoms. The first-order valence-corrected chi connectivity index (χ1v) is 9.30. The smallest absolute Gasteiger partial charge is 0.277 e. The standard InChI is InChI=1S/C18H14BrN7O/c19-10-4-7-13-12(8-10)16(24-23-13)18(27)22-15-3-1-2-14(21-15)17-25-20-9-26(17)11-5-6-11/h1-4,7-9,11H,5-6H2,(H,23,24)(H,21,22,27). The second-order valence-electron chi connectivity index (χ2n) is 6.42. The summed E-state index contributed by atoms with van der Waals surface area (Å²) in [6.45, 7) is 0. The molecular formula is C18H14BrN7O. The van der Waals surface area contributed by atoms with Crippen molar-refractivity contribution < 1.29 is 4.79 Å². The molecule has 1 saturated carbocycles. The second-order valence-corrected chi connectivity index (χ2v) is 7.33. The van der Waals surface area contributed by atoms with Crippen LogP contribution in [0.15, 0.2) is 47.2 Å². The number of halogens is 1. The molecule has 0 unspecified atom stereocenters. The number of benzene rings is 1. The fourth-order valence-electron chi connectivity index (χ4n) is 3.01. The topological polar surface area (TPSA) is 101 Å². The number of nitrogens with one attached hydrogen (secondary N) is 2. The van der Waals surface area contributed by atoms with Crippen molar-refractivity contribution in [2.75, 3.05) is 5.32 Å². The molecule has 3 heterocycles. The van der Waals surface area contributed by atoms with E-state index in [9.17, 15) is 4.79 Å². The van der Waals surface area contributed by atoms with Crippen molar-refractivity contribution in [3.8, 4) is 11.5 Å². The summed E-state index contributed by atoms with van der Waals surface area (Å²) in [5, 5.41) is 18.8. The van der Waals surface area contributed by atoms with Gasteiger partial charge in [-0.1, -0.05) is 22.0 Å². The summed E-state index contributed by atoms with van der Waals surface area (Å²) < 4.78 is 2.91. The van der Waals surface area contributed by atoms with Crippen LogP contribution in [0.4, 0.5) is 5.82 Å². The van der Waals surface area contributed by atoms with E-state index in [1.807, 2.05) is 34.9 Å². The molecule has 5 rings (SSSR count). The highest BCUT2D eigenvalue weighted by Gasteiger charge is 2.27. The van der Waals surface area contributed by atoms with E-state index in [2.05, 4.69) is 46.6 Å². The minimum Gasteiger partial charge on any atom is -0.309 e. The number of aromatic amines is 1. The number of aromatic nitrogens is 6. The first-order chi connectivity index (χ1) is 13.2. The molecule has 1 aromatic carbocycles. The number of rotatable bonds is 4. The summed E-state index contributed by atoms with van der Waals surface area (Å²) >= 11 is 3.42. The predicted molar refractivity (Wildman–Crippen MR) is 103 cm³/mol. The van der Waals surface area contributed by atoms with Crippen LogP contribution in [0.5, 0.6) is 0 Å². The van der Waals surface area contributed by atoms with Crippen molar-refractivity contribution >= 4 is 38.6 Å². The van der Waals surface area contributed by atoms with Gasteiger partial charge in [0.25, 0.3) is 5.91 Å². The lowest BCUT2D eigenvalue weighted by Gasteiger charge is -2.07. The van der Waals surface area contributed by atoms with Crippen LogP contribution >= 0.6 is 15.9 Å². The Hall–Kier alpha value is -3.07. The van der Waals surface area contributed by atoms with Gasteiger partial charge in [0.1, 0.15) is 17.8 Å². The van der Waals surface area contributed by atoms with Crippen LogP contribution in [0.25, 0.3) is 22.4 Å². The normalized spacial score (nSPS) is 13.8. The van der Waals surface area contributed by atoms with Crippen LogP contribution in [-0.2, 0) is 0 Å². The first-order valence-electron chi connectivity index (χ1n) is 8.51. The number of hydrogen-bond donors (Lipinski definition) is 2. The molecule has 1 fully saturated rings. The van der Waals surface area contributed by atoms with Crippen LogP contribution in [0.2, 0.25) is 0 Å². The predicted octanol–water partition coefficient (Wildman–Crippen LogP) is 3.57. The van der Waals surface area contributed by atoms with E-state index in [0.29, 0.717) is 29.1 Å². The first kappa shape index (κ1) is 16.1. The fourth-order valence-corrected chi connectivity index (χ4v) is 3.37. The van der Waals surface area contributed by atoms with Gasteiger partial charge in [-0.2, -0.15) is 5.10 Å². The van der Waals surface area contributed by atoms with Crippen LogP contribution in [-0.4, -0.2) is 35.9 Å². The maximum Gasteiger partial charge on any atom is 0.277 e. The fraction of sp³-hybridized carbons (Fsp3) is 0.167. The molecule has 4 aromatic rings. The summed E-state index contributed by atoms with van der Waals surface area (Å²) in [7, 11) is 0. The Balaban J connectivity index is 1.44. The lowest BCUT2D eigenvalue weighted by atomic mass is 10.2. The summed E-state index contributed by atoms with van der Waals surface area (Å²) in [5.41, 5.74) is 1.79. The van der Waals surface area contributed by atoms with Crippen molar-refractivity contribution in [3.05, 3.63) is 52.9 Å². The number of carbonyl (C=O) groups is 1. The highest BCUT2D eigenvalue weighted by Crippen LogP contribution is 2.37. The third-order valence-corrected chi connectivity index (χ3v) is 4.97. The van der Waals surface area contributed by atoms with Crippen LogP contribution in [0.3, 0.4) is 0 Å². The molecule has 3 aromatic heterocycles. The monoisotopic (exact) mass is 423 g/mol. The number of anilines is 1. The number of amides is 1. The molecule has 1 amide bonds. The van der Waals surface area contributed by atoms with Crippen molar-refractivity contribution in [2.24, 2.45) is 0 Å². The van der Waals surface area contributed by atoms with Crippen LogP contribution in [0.1, 0.15) is 29.4 Å². The minimum absolute atomic E-state index is 0.319. The Kier molecular flexibility index (Phi) is 3.75. The highest BCUT2D eigenvalue weighted by molar-refractivity contribution is 9.10. The quantitative estimate of drug-likeness (QED) is 0.522. The number of nitrogens with zero attached hydrogens (tertiary/aromatic N) is 5. The number of carbonyl (C=O) groups excluding carboxylic acids is 1. The van der Waals surface area contributed by atoms with Gasteiger partial charge in [-0.05, 0) is 43.2 Å². The Morgan fingerprint density at radius 3 is 3.00 bits per heavy atom. The Labute approximate surface area is 162 Å². The Morgan fingerprint density at radius 2 is 2.15 bits per heavy atom. The lowest BCUT2D eigenvalue weighted by Crippen LogP contribution is -2.14. The average Bonchev–Trinajstić information content (AvgIpc) is 3.24. The minimum atomic E-state index is -0.326. The number of hydrogen-bond acceptors (Lipinski definition) is 5. The number of pyridine rings is 1. The van der Waals surface area contributed by atoms with Crippen molar-refractivity contribution in [2.45, 2.75) is 18.9 Å². The lowest BCUT2D eigenvalue weighted by molar-refractivity contribution is 0.102. The number of H-pyrrole nitrogens is 1. The van der Waals surface area contributed by atoms with Crippen molar-refractivity contribution in [1.29, 1.82) is 0 Å². The second kappa shape index (κ2) is 6.27. The molecule has 27 heavy (non-hydrogen) atoms. The molecule has 134 valence electrons. The van der Waals surface area contributed by atoms with Gasteiger partial charge in [-0.15, -0.1) is 10.2 Å². The molecule has 0 radical (unpaired) electrons. The maximum atomic E-state index is 12.7. The van der Waals surface area contributed by atoms with E-state index in [4.69, 9.17) is 0 Å². The van der Waals surface area contributed by atoms with Crippen LogP contribution in [0, 0.1) is 0 Å². The largest absolute Gasteiger partial charge is 0.309 e. The third kappa shape index (κ3) is 2.99. The molecule has 0 atom stereocenters. The van der Waals surface area contributed by atoms with E-state index in [-0.39, 0.29) is 5.91 Å². The van der Waals surface area contributed by atoms with Gasteiger partial charge in [-0.25, -0.2) is 4.98 Å². The molecular weight excluding hydrogens is 410 g/mol. The highest BCUT2D eigenvalue weighted by atomic mass is 79.9. The van der Waals surface area contributed by atoms with Crippen molar-refractivity contribution in [1.82, 2.24) is 29.9 Å². The number of fused-ring (bicyclic) bond motifs is 1. The molecule has 1 aliphatic carbocycles. The van der Waals surface area contributed by atoms with E-state index in [1.54, 1.807) is 12.4 Å². The SMILES string of the molecule is O=C(Nc1cccc(-c2nncn2C2CC2)n1)c1n[nH]c2ccc(Br)cc12. The zero-order chi connectivity index (χ0) is 18.4. The molecule has 8 nitrogen and oxygen atoms in total. The van der Waals surface area contributed by atoms with Gasteiger partial charge in [0.2, 0.25) is 0 Å². The summed E-state index contributed by atoms with van der Waals surface area (Å²) in [5.74, 6) is 0.824. The van der Waals surface area contributed by atoms with Crippen molar-refractivity contribution in [3.63, 3.8) is 0 Å². The average molecular weight is 424 g/mol. The Bertz CT molecular complexity index is 1160.